The zero-order valence-electron chi connectivity index (χ0n) is 15.3. The summed E-state index contributed by atoms with van der Waals surface area (Å²) in [4.78, 5) is 23.7. The highest BCUT2D eigenvalue weighted by atomic mass is 16.5. The van der Waals surface area contributed by atoms with Crippen LogP contribution in [0.25, 0.3) is 0 Å². The second-order valence-corrected chi connectivity index (χ2v) is 7.42. The molecule has 1 amide bonds. The van der Waals surface area contributed by atoms with Crippen LogP contribution in [0.4, 0.5) is 5.69 Å². The van der Waals surface area contributed by atoms with Gasteiger partial charge in [0.25, 0.3) is 0 Å². The SMILES string of the molecule is COc1cc(C(=O)O)cc(NC(=O)CC2CCC(C)(C)CC2)c1OC. The summed E-state index contributed by atoms with van der Waals surface area (Å²) in [6.07, 6.45) is 4.75. The molecule has 1 aliphatic rings. The lowest BCUT2D eigenvalue weighted by molar-refractivity contribution is -0.117. The van der Waals surface area contributed by atoms with Crippen LogP contribution in [0, 0.1) is 11.3 Å². The number of amides is 1. The Morgan fingerprint density at radius 2 is 1.84 bits per heavy atom. The quantitative estimate of drug-likeness (QED) is 0.812. The van der Waals surface area contributed by atoms with Gasteiger partial charge >= 0.3 is 5.97 Å². The molecule has 1 aliphatic carbocycles. The summed E-state index contributed by atoms with van der Waals surface area (Å²) >= 11 is 0. The van der Waals surface area contributed by atoms with Gasteiger partial charge in [-0.3, -0.25) is 4.79 Å². The zero-order chi connectivity index (χ0) is 18.6. The molecule has 0 spiro atoms. The van der Waals surface area contributed by atoms with E-state index in [1.807, 2.05) is 0 Å². The Hall–Kier alpha value is -2.24. The molecule has 2 N–H and O–H groups in total. The van der Waals surface area contributed by atoms with Crippen molar-refractivity contribution in [1.82, 2.24) is 0 Å². The first-order chi connectivity index (χ1) is 11.8. The maximum absolute atomic E-state index is 12.4. The Morgan fingerprint density at radius 3 is 2.36 bits per heavy atom. The Balaban J connectivity index is 2.11. The van der Waals surface area contributed by atoms with Crippen molar-refractivity contribution in [3.8, 4) is 11.5 Å². The number of carbonyl (C=O) groups is 2. The third kappa shape index (κ3) is 4.87. The summed E-state index contributed by atoms with van der Waals surface area (Å²) in [5.41, 5.74) is 0.715. The molecule has 1 aromatic carbocycles. The number of carbonyl (C=O) groups excluding carboxylic acids is 1. The lowest BCUT2D eigenvalue weighted by Gasteiger charge is -2.34. The fourth-order valence-electron chi connectivity index (χ4n) is 3.31. The monoisotopic (exact) mass is 349 g/mol. The van der Waals surface area contributed by atoms with Crippen LogP contribution in [-0.2, 0) is 4.79 Å². The number of aromatic carboxylic acids is 1. The maximum atomic E-state index is 12.4. The van der Waals surface area contributed by atoms with E-state index in [1.54, 1.807) is 0 Å². The molecule has 0 atom stereocenters. The molecule has 0 unspecified atom stereocenters. The molecule has 138 valence electrons. The van der Waals surface area contributed by atoms with Gasteiger partial charge in [0, 0.05) is 6.42 Å². The summed E-state index contributed by atoms with van der Waals surface area (Å²) in [6.45, 7) is 4.52. The lowest BCUT2D eigenvalue weighted by Crippen LogP contribution is -2.25. The van der Waals surface area contributed by atoms with Gasteiger partial charge in [-0.25, -0.2) is 4.79 Å². The molecule has 0 aromatic heterocycles. The number of methoxy groups -OCH3 is 2. The molecule has 6 heteroatoms. The molecular weight excluding hydrogens is 322 g/mol. The minimum atomic E-state index is -1.09. The predicted octanol–water partition coefficient (Wildman–Crippen LogP) is 3.95. The van der Waals surface area contributed by atoms with Crippen LogP contribution in [-0.4, -0.2) is 31.2 Å². The van der Waals surface area contributed by atoms with Crippen LogP contribution in [0.5, 0.6) is 11.5 Å². The van der Waals surface area contributed by atoms with Crippen LogP contribution in [0.3, 0.4) is 0 Å². The van der Waals surface area contributed by atoms with Crippen molar-refractivity contribution in [3.63, 3.8) is 0 Å². The summed E-state index contributed by atoms with van der Waals surface area (Å²) in [7, 11) is 2.88. The number of hydrogen-bond donors (Lipinski definition) is 2. The molecule has 0 heterocycles. The molecule has 0 saturated heterocycles. The normalized spacial score (nSPS) is 17.0. The molecule has 1 fully saturated rings. The number of benzene rings is 1. The number of rotatable bonds is 6. The van der Waals surface area contributed by atoms with Crippen LogP contribution in [0.2, 0.25) is 0 Å². The predicted molar refractivity (Wildman–Crippen MR) is 95.5 cm³/mol. The highest BCUT2D eigenvalue weighted by molar-refractivity contribution is 5.96. The number of nitrogens with one attached hydrogen (secondary N) is 1. The first-order valence-electron chi connectivity index (χ1n) is 8.55. The van der Waals surface area contributed by atoms with Crippen LogP contribution in [0.1, 0.15) is 56.3 Å². The van der Waals surface area contributed by atoms with Gasteiger partial charge in [0.15, 0.2) is 11.5 Å². The molecule has 0 aliphatic heterocycles. The first-order valence-corrected chi connectivity index (χ1v) is 8.55. The smallest absolute Gasteiger partial charge is 0.335 e. The number of ether oxygens (including phenoxy) is 2. The van der Waals surface area contributed by atoms with Crippen molar-refractivity contribution in [3.05, 3.63) is 17.7 Å². The van der Waals surface area contributed by atoms with E-state index in [0.29, 0.717) is 29.2 Å². The van der Waals surface area contributed by atoms with E-state index in [2.05, 4.69) is 19.2 Å². The largest absolute Gasteiger partial charge is 0.493 e. The third-order valence-electron chi connectivity index (χ3n) is 4.93. The lowest BCUT2D eigenvalue weighted by atomic mass is 9.72. The average molecular weight is 349 g/mol. The maximum Gasteiger partial charge on any atom is 0.335 e. The fourth-order valence-corrected chi connectivity index (χ4v) is 3.31. The van der Waals surface area contributed by atoms with Gasteiger partial charge in [-0.2, -0.15) is 0 Å². The highest BCUT2D eigenvalue weighted by Crippen LogP contribution is 2.40. The summed E-state index contributed by atoms with van der Waals surface area (Å²) in [5, 5.41) is 12.0. The number of carboxylic acid groups (broad SMARTS) is 1. The minimum Gasteiger partial charge on any atom is -0.493 e. The molecule has 0 bridgehead atoms. The summed E-state index contributed by atoms with van der Waals surface area (Å²) in [5.74, 6) is -0.259. The molecule has 6 nitrogen and oxygen atoms in total. The van der Waals surface area contributed by atoms with Crippen molar-refractivity contribution in [2.75, 3.05) is 19.5 Å². The van der Waals surface area contributed by atoms with Crippen LogP contribution < -0.4 is 14.8 Å². The average Bonchev–Trinajstić information content (AvgIpc) is 2.55. The van der Waals surface area contributed by atoms with E-state index in [0.717, 1.165) is 25.7 Å². The second kappa shape index (κ2) is 7.76. The molecular formula is C19H27NO5. The minimum absolute atomic E-state index is 0.0346. The number of carboxylic acids is 1. The third-order valence-corrected chi connectivity index (χ3v) is 4.93. The summed E-state index contributed by atoms with van der Waals surface area (Å²) in [6, 6.07) is 2.77. The zero-order valence-corrected chi connectivity index (χ0v) is 15.3. The van der Waals surface area contributed by atoms with Crippen molar-refractivity contribution in [2.45, 2.75) is 46.0 Å². The van der Waals surface area contributed by atoms with E-state index in [4.69, 9.17) is 9.47 Å². The number of anilines is 1. The Morgan fingerprint density at radius 1 is 1.20 bits per heavy atom. The van der Waals surface area contributed by atoms with Crippen LogP contribution in [0.15, 0.2) is 12.1 Å². The standard InChI is InChI=1S/C19H27NO5/c1-19(2)7-5-12(6-8-19)9-16(21)20-14-10-13(18(22)23)11-15(24-3)17(14)25-4/h10-12H,5-9H2,1-4H3,(H,20,21)(H,22,23). The molecule has 2 rings (SSSR count). The van der Waals surface area contributed by atoms with Crippen molar-refractivity contribution in [1.29, 1.82) is 0 Å². The molecule has 25 heavy (non-hydrogen) atoms. The van der Waals surface area contributed by atoms with Gasteiger partial charge in [-0.05, 0) is 49.1 Å². The van der Waals surface area contributed by atoms with Gasteiger partial charge in [0.2, 0.25) is 5.91 Å². The van der Waals surface area contributed by atoms with Gasteiger partial charge in [0.1, 0.15) is 0 Å². The molecule has 0 radical (unpaired) electrons. The molecule has 1 saturated carbocycles. The summed E-state index contributed by atoms with van der Waals surface area (Å²) < 4.78 is 10.5. The Kier molecular flexibility index (Phi) is 5.93. The molecule has 1 aromatic rings. The van der Waals surface area contributed by atoms with E-state index in [-0.39, 0.29) is 17.2 Å². The van der Waals surface area contributed by atoms with Crippen molar-refractivity contribution >= 4 is 17.6 Å². The van der Waals surface area contributed by atoms with Gasteiger partial charge in [-0.1, -0.05) is 13.8 Å². The Labute approximate surface area is 148 Å². The van der Waals surface area contributed by atoms with Crippen LogP contribution >= 0.6 is 0 Å². The van der Waals surface area contributed by atoms with Crippen molar-refractivity contribution < 1.29 is 24.2 Å². The van der Waals surface area contributed by atoms with E-state index >= 15 is 0 Å². The van der Waals surface area contributed by atoms with E-state index in [9.17, 15) is 14.7 Å². The fraction of sp³-hybridized carbons (Fsp3) is 0.579. The Bertz CT molecular complexity index is 643. The number of hydrogen-bond acceptors (Lipinski definition) is 4. The van der Waals surface area contributed by atoms with Crippen molar-refractivity contribution in [2.24, 2.45) is 11.3 Å². The topological polar surface area (TPSA) is 84.9 Å². The highest BCUT2D eigenvalue weighted by Gasteiger charge is 2.28. The van der Waals surface area contributed by atoms with E-state index < -0.39 is 5.97 Å². The van der Waals surface area contributed by atoms with Gasteiger partial charge in [0.05, 0.1) is 25.5 Å². The first kappa shape index (κ1) is 19.1. The van der Waals surface area contributed by atoms with E-state index in [1.165, 1.54) is 26.4 Å². The van der Waals surface area contributed by atoms with Gasteiger partial charge < -0.3 is 19.9 Å². The van der Waals surface area contributed by atoms with Gasteiger partial charge in [-0.15, -0.1) is 0 Å². The second-order valence-electron chi connectivity index (χ2n) is 7.42.